The first-order chi connectivity index (χ1) is 15.5. The number of ketones is 1. The highest BCUT2D eigenvalue weighted by molar-refractivity contribution is 7.22. The molecule has 2 aromatic heterocycles. The van der Waals surface area contributed by atoms with E-state index in [-0.39, 0.29) is 11.3 Å². The van der Waals surface area contributed by atoms with E-state index in [9.17, 15) is 14.7 Å². The summed E-state index contributed by atoms with van der Waals surface area (Å²) in [5, 5.41) is 11.5. The van der Waals surface area contributed by atoms with Crippen LogP contribution in [0.2, 0.25) is 0 Å². The van der Waals surface area contributed by atoms with Gasteiger partial charge in [0.2, 0.25) is 0 Å². The van der Waals surface area contributed by atoms with Crippen molar-refractivity contribution in [1.82, 2.24) is 9.97 Å². The van der Waals surface area contributed by atoms with Gasteiger partial charge in [0.15, 0.2) is 5.13 Å². The number of pyridine rings is 1. The zero-order chi connectivity index (χ0) is 22.4. The van der Waals surface area contributed by atoms with Gasteiger partial charge < -0.3 is 5.11 Å². The molecule has 2 aromatic carbocycles. The molecule has 6 nitrogen and oxygen atoms in total. The normalized spacial score (nSPS) is 17.9. The van der Waals surface area contributed by atoms with Gasteiger partial charge in [-0.1, -0.05) is 47.7 Å². The minimum Gasteiger partial charge on any atom is -0.507 e. The fourth-order valence-electron chi connectivity index (χ4n) is 4.11. The third-order valence-corrected chi connectivity index (χ3v) is 6.54. The topological polar surface area (TPSA) is 83.4 Å². The molecule has 0 bridgehead atoms. The Bertz CT molecular complexity index is 1390. The first-order valence-corrected chi connectivity index (χ1v) is 10.9. The number of Topliss-reactive ketones (excluding diaryl/α,β-unsaturated/α-hetero) is 1. The Labute approximate surface area is 188 Å². The van der Waals surface area contributed by atoms with E-state index in [1.165, 1.54) is 28.6 Å². The van der Waals surface area contributed by atoms with Crippen LogP contribution < -0.4 is 4.90 Å². The summed E-state index contributed by atoms with van der Waals surface area (Å²) < 4.78 is 0.945. The van der Waals surface area contributed by atoms with Gasteiger partial charge in [0.1, 0.15) is 5.76 Å². The van der Waals surface area contributed by atoms with Gasteiger partial charge in [0.05, 0.1) is 21.8 Å². The molecule has 5 rings (SSSR count). The molecule has 0 saturated carbocycles. The number of aliphatic hydroxyl groups excluding tert-OH is 1. The van der Waals surface area contributed by atoms with Crippen molar-refractivity contribution in [1.29, 1.82) is 0 Å². The van der Waals surface area contributed by atoms with E-state index in [1.807, 2.05) is 56.3 Å². The highest BCUT2D eigenvalue weighted by atomic mass is 32.1. The summed E-state index contributed by atoms with van der Waals surface area (Å²) in [5.74, 6) is -1.67. The Morgan fingerprint density at radius 2 is 1.75 bits per heavy atom. The summed E-state index contributed by atoms with van der Waals surface area (Å²) >= 11 is 1.36. The second-order valence-electron chi connectivity index (χ2n) is 7.74. The number of thiazole rings is 1. The number of nitrogens with zero attached hydrogens (tertiary/aromatic N) is 3. The maximum atomic E-state index is 13.2. The number of aromatic nitrogens is 2. The second-order valence-corrected chi connectivity index (χ2v) is 8.75. The fraction of sp³-hybridized carbons (Fsp3) is 0.120. The molecule has 4 aromatic rings. The van der Waals surface area contributed by atoms with Crippen LogP contribution in [-0.2, 0) is 9.59 Å². The van der Waals surface area contributed by atoms with Gasteiger partial charge in [0, 0.05) is 18.0 Å². The summed E-state index contributed by atoms with van der Waals surface area (Å²) in [4.78, 5) is 36.5. The van der Waals surface area contributed by atoms with E-state index in [1.54, 1.807) is 12.1 Å². The minimum atomic E-state index is -0.786. The lowest BCUT2D eigenvalue weighted by Crippen LogP contribution is -2.29. The van der Waals surface area contributed by atoms with Crippen molar-refractivity contribution in [3.63, 3.8) is 0 Å². The van der Waals surface area contributed by atoms with Crippen molar-refractivity contribution in [3.8, 4) is 0 Å². The Morgan fingerprint density at radius 1 is 1.03 bits per heavy atom. The summed E-state index contributed by atoms with van der Waals surface area (Å²) in [7, 11) is 0. The van der Waals surface area contributed by atoms with Crippen molar-refractivity contribution in [2.45, 2.75) is 19.9 Å². The average Bonchev–Trinajstić information content (AvgIpc) is 3.33. The second kappa shape index (κ2) is 7.69. The molecule has 3 heterocycles. The van der Waals surface area contributed by atoms with E-state index in [0.29, 0.717) is 10.7 Å². The molecule has 7 heteroatoms. The molecule has 0 aliphatic carbocycles. The monoisotopic (exact) mass is 441 g/mol. The maximum absolute atomic E-state index is 13.2. The predicted octanol–water partition coefficient (Wildman–Crippen LogP) is 4.93. The Kier molecular flexibility index (Phi) is 4.83. The van der Waals surface area contributed by atoms with Crippen molar-refractivity contribution in [3.05, 3.63) is 94.8 Å². The first-order valence-electron chi connectivity index (χ1n) is 10.1. The van der Waals surface area contributed by atoms with Gasteiger partial charge in [-0.2, -0.15) is 0 Å². The highest BCUT2D eigenvalue weighted by Gasteiger charge is 2.48. The number of aryl methyl sites for hydroxylation is 2. The number of hydrogen-bond acceptors (Lipinski definition) is 6. The van der Waals surface area contributed by atoms with E-state index in [0.717, 1.165) is 26.9 Å². The van der Waals surface area contributed by atoms with Crippen molar-refractivity contribution in [2.75, 3.05) is 4.90 Å². The smallest absolute Gasteiger partial charge is 0.301 e. The van der Waals surface area contributed by atoms with Gasteiger partial charge in [-0.3, -0.25) is 19.5 Å². The van der Waals surface area contributed by atoms with Crippen molar-refractivity contribution >= 4 is 44.1 Å². The number of rotatable bonds is 3. The molecule has 1 saturated heterocycles. The summed E-state index contributed by atoms with van der Waals surface area (Å²) in [6, 6.07) is 15.7. The van der Waals surface area contributed by atoms with Gasteiger partial charge >= 0.3 is 5.91 Å². The molecular formula is C25H19N3O3S. The van der Waals surface area contributed by atoms with Crippen LogP contribution in [-0.4, -0.2) is 26.8 Å². The van der Waals surface area contributed by atoms with Crippen molar-refractivity contribution < 1.29 is 14.7 Å². The Balaban J connectivity index is 1.74. The van der Waals surface area contributed by atoms with Gasteiger partial charge in [-0.05, 0) is 48.7 Å². The van der Waals surface area contributed by atoms with Crippen LogP contribution in [0.15, 0.2) is 72.6 Å². The van der Waals surface area contributed by atoms with E-state index >= 15 is 0 Å². The fourth-order valence-corrected chi connectivity index (χ4v) is 5.28. The number of hydrogen-bond donors (Lipinski definition) is 1. The summed E-state index contributed by atoms with van der Waals surface area (Å²) in [6.45, 7) is 3.99. The van der Waals surface area contributed by atoms with Crippen LogP contribution in [0.4, 0.5) is 5.13 Å². The van der Waals surface area contributed by atoms with Crippen LogP contribution in [0.1, 0.15) is 28.3 Å². The number of aliphatic hydroxyl groups is 1. The van der Waals surface area contributed by atoms with Crippen LogP contribution in [0, 0.1) is 13.8 Å². The highest BCUT2D eigenvalue weighted by Crippen LogP contribution is 2.44. The molecule has 32 heavy (non-hydrogen) atoms. The number of benzene rings is 2. The maximum Gasteiger partial charge on any atom is 0.301 e. The zero-order valence-corrected chi connectivity index (χ0v) is 18.3. The number of carbonyl (C=O) groups is 2. The van der Waals surface area contributed by atoms with E-state index in [2.05, 4.69) is 4.98 Å². The van der Waals surface area contributed by atoms with Gasteiger partial charge in [0.25, 0.3) is 5.78 Å². The standard InChI is InChI=1S/C25H19N3O3S/c1-14-12-15(2)20-18(13-14)32-25(27-20)28-21(16-6-4-3-5-7-16)19(23(30)24(28)31)22(29)17-8-10-26-11-9-17/h3-13,21,29H,1-2H3. The van der Waals surface area contributed by atoms with Crippen LogP contribution >= 0.6 is 11.3 Å². The molecule has 1 N–H and O–H groups in total. The van der Waals surface area contributed by atoms with Crippen LogP contribution in [0.3, 0.4) is 0 Å². The Hall–Kier alpha value is -3.84. The van der Waals surface area contributed by atoms with E-state index < -0.39 is 17.7 Å². The molecule has 1 aliphatic heterocycles. The number of anilines is 1. The van der Waals surface area contributed by atoms with Crippen LogP contribution in [0.25, 0.3) is 16.0 Å². The average molecular weight is 442 g/mol. The molecule has 1 unspecified atom stereocenters. The summed E-state index contributed by atoms with van der Waals surface area (Å²) in [5.41, 5.74) is 4.10. The largest absolute Gasteiger partial charge is 0.507 e. The molecule has 158 valence electrons. The van der Waals surface area contributed by atoms with E-state index in [4.69, 9.17) is 4.98 Å². The third kappa shape index (κ3) is 3.18. The predicted molar refractivity (Wildman–Crippen MR) is 125 cm³/mol. The first kappa shape index (κ1) is 20.1. The minimum absolute atomic E-state index is 0.0413. The quantitative estimate of drug-likeness (QED) is 0.277. The number of carbonyl (C=O) groups excluding carboxylic acids is 2. The third-order valence-electron chi connectivity index (χ3n) is 5.54. The summed E-state index contributed by atoms with van der Waals surface area (Å²) in [6.07, 6.45) is 3.06. The zero-order valence-electron chi connectivity index (χ0n) is 17.4. The molecule has 0 spiro atoms. The SMILES string of the molecule is Cc1cc(C)c2nc(N3C(=O)C(=O)C(=C(O)c4ccncc4)C3c3ccccc3)sc2c1. The number of amides is 1. The molecular weight excluding hydrogens is 422 g/mol. The Morgan fingerprint density at radius 3 is 2.47 bits per heavy atom. The molecule has 0 radical (unpaired) electrons. The molecule has 1 amide bonds. The molecule has 1 atom stereocenters. The van der Waals surface area contributed by atoms with Crippen LogP contribution in [0.5, 0.6) is 0 Å². The lowest BCUT2D eigenvalue weighted by Gasteiger charge is -2.22. The lowest BCUT2D eigenvalue weighted by atomic mass is 9.96. The van der Waals surface area contributed by atoms with Crippen molar-refractivity contribution in [2.24, 2.45) is 0 Å². The van der Waals surface area contributed by atoms with Gasteiger partial charge in [-0.15, -0.1) is 0 Å². The molecule has 1 aliphatic rings. The van der Waals surface area contributed by atoms with Gasteiger partial charge in [-0.25, -0.2) is 4.98 Å². The molecule has 1 fully saturated rings. The number of fused-ring (bicyclic) bond motifs is 1. The lowest BCUT2D eigenvalue weighted by molar-refractivity contribution is -0.132.